The van der Waals surface area contributed by atoms with Gasteiger partial charge in [0.25, 0.3) is 0 Å². The van der Waals surface area contributed by atoms with Crippen LogP contribution in [-0.4, -0.2) is 57.2 Å². The number of aromatic hydroxyl groups is 1. The van der Waals surface area contributed by atoms with E-state index in [-0.39, 0.29) is 11.4 Å². The zero-order valence-corrected chi connectivity index (χ0v) is 19.3. The molecule has 1 aromatic heterocycles. The fourth-order valence-electron chi connectivity index (χ4n) is 4.77. The quantitative estimate of drug-likeness (QED) is 0.300. The number of phenols is 1. The van der Waals surface area contributed by atoms with E-state index in [4.69, 9.17) is 0 Å². The average Bonchev–Trinajstić information content (AvgIpc) is 3.31. The van der Waals surface area contributed by atoms with Crippen LogP contribution >= 0.6 is 0 Å². The molecule has 178 valence electrons. The Kier molecular flexibility index (Phi) is 7.87. The first kappa shape index (κ1) is 23.2. The molecule has 0 spiro atoms. The summed E-state index contributed by atoms with van der Waals surface area (Å²) in [7, 11) is 0. The number of anilines is 4. The summed E-state index contributed by atoms with van der Waals surface area (Å²) in [6.45, 7) is 5.98. The van der Waals surface area contributed by atoms with Crippen molar-refractivity contribution >= 4 is 29.2 Å². The summed E-state index contributed by atoms with van der Waals surface area (Å²) >= 11 is 0. The lowest BCUT2D eigenvalue weighted by Crippen LogP contribution is -2.35. The molecule has 2 aromatic rings. The van der Waals surface area contributed by atoms with Crippen molar-refractivity contribution in [3.63, 3.8) is 0 Å². The highest BCUT2D eigenvalue weighted by molar-refractivity contribution is 5.65. The van der Waals surface area contributed by atoms with E-state index in [9.17, 15) is 10.0 Å². The van der Waals surface area contributed by atoms with Gasteiger partial charge in [0.15, 0.2) is 5.69 Å². The molecule has 1 aliphatic heterocycles. The van der Waals surface area contributed by atoms with Crippen LogP contribution in [0.15, 0.2) is 23.4 Å². The van der Waals surface area contributed by atoms with Gasteiger partial charge in [-0.2, -0.15) is 15.0 Å². The summed E-state index contributed by atoms with van der Waals surface area (Å²) in [5.74, 6) is 1.86. The zero-order valence-electron chi connectivity index (χ0n) is 19.3. The van der Waals surface area contributed by atoms with Crippen LogP contribution in [0.2, 0.25) is 0 Å². The summed E-state index contributed by atoms with van der Waals surface area (Å²) in [6, 6.07) is 5.00. The second-order valence-corrected chi connectivity index (χ2v) is 8.92. The number of nitrogens with zero attached hydrogens (tertiary/aromatic N) is 5. The van der Waals surface area contributed by atoms with Gasteiger partial charge in [0.05, 0.1) is 0 Å². The molecule has 1 aliphatic carbocycles. The molecule has 1 unspecified atom stereocenters. The van der Waals surface area contributed by atoms with E-state index in [2.05, 4.69) is 47.9 Å². The van der Waals surface area contributed by atoms with Gasteiger partial charge in [0.2, 0.25) is 17.8 Å². The van der Waals surface area contributed by atoms with Crippen LogP contribution in [0.5, 0.6) is 5.75 Å². The van der Waals surface area contributed by atoms with Gasteiger partial charge in [-0.3, -0.25) is 4.90 Å². The summed E-state index contributed by atoms with van der Waals surface area (Å²) in [5, 5.41) is 22.5. The van der Waals surface area contributed by atoms with Crippen LogP contribution in [0.3, 0.4) is 0 Å². The van der Waals surface area contributed by atoms with Crippen molar-refractivity contribution in [1.29, 1.82) is 0 Å². The zero-order chi connectivity index (χ0) is 23.0. The first-order valence-corrected chi connectivity index (χ1v) is 12.1. The predicted octanol–water partition coefficient (Wildman–Crippen LogP) is 4.61. The molecule has 2 fully saturated rings. The Labute approximate surface area is 194 Å². The molecule has 4 rings (SSSR count). The van der Waals surface area contributed by atoms with E-state index in [0.29, 0.717) is 35.5 Å². The van der Waals surface area contributed by atoms with Gasteiger partial charge in [0, 0.05) is 24.8 Å². The van der Waals surface area contributed by atoms with E-state index in [0.717, 1.165) is 26.2 Å². The van der Waals surface area contributed by atoms with Crippen LogP contribution in [0.25, 0.3) is 0 Å². The molecule has 1 saturated carbocycles. The highest BCUT2D eigenvalue weighted by Crippen LogP contribution is 2.30. The maximum atomic E-state index is 10.9. The first-order chi connectivity index (χ1) is 16.1. The number of aromatic nitrogens is 3. The van der Waals surface area contributed by atoms with Gasteiger partial charge in [-0.25, -0.2) is 0 Å². The number of phenolic OH excluding ortho intramolecular Hbond substituents is 1. The van der Waals surface area contributed by atoms with Crippen molar-refractivity contribution in [2.24, 2.45) is 11.1 Å². The maximum Gasteiger partial charge on any atom is 0.233 e. The van der Waals surface area contributed by atoms with Crippen molar-refractivity contribution in [3.05, 3.63) is 23.1 Å². The predicted molar refractivity (Wildman–Crippen MR) is 130 cm³/mol. The van der Waals surface area contributed by atoms with Crippen molar-refractivity contribution in [2.45, 2.75) is 57.9 Å². The fourth-order valence-corrected chi connectivity index (χ4v) is 4.77. The molecule has 10 heteroatoms. The number of rotatable bonds is 10. The Morgan fingerprint density at radius 2 is 1.73 bits per heavy atom. The number of nitroso groups, excluding NO2 is 1. The maximum absolute atomic E-state index is 10.9. The summed E-state index contributed by atoms with van der Waals surface area (Å²) < 4.78 is 0. The molecule has 2 aliphatic rings. The molecular formula is C23H34N8O2. The standard InChI is InChI=1S/C23H34N8O2/c1-2-31-12-6-9-18(31)15-25-22-27-21(24-14-16-7-4-3-5-8-16)28-23(29-22)26-17-10-11-20(32)19(13-17)30-33/h10-11,13,16,18,32H,2-9,12,14-15H2,1H3,(H3,24,25,26,27,28,29). The molecule has 4 N–H and O–H groups in total. The molecular weight excluding hydrogens is 420 g/mol. The van der Waals surface area contributed by atoms with Gasteiger partial charge in [-0.05, 0) is 68.1 Å². The van der Waals surface area contributed by atoms with Crippen molar-refractivity contribution in [2.75, 3.05) is 42.1 Å². The third-order valence-corrected chi connectivity index (χ3v) is 6.64. The third kappa shape index (κ3) is 6.28. The lowest BCUT2D eigenvalue weighted by Gasteiger charge is -2.23. The number of nitrogens with one attached hydrogen (secondary N) is 3. The Hall–Kier alpha value is -3.01. The smallest absolute Gasteiger partial charge is 0.233 e. The highest BCUT2D eigenvalue weighted by atomic mass is 16.3. The number of benzene rings is 1. The Balaban J connectivity index is 1.49. The van der Waals surface area contributed by atoms with Crippen molar-refractivity contribution in [3.8, 4) is 5.75 Å². The molecule has 2 heterocycles. The minimum atomic E-state index is -0.166. The second-order valence-electron chi connectivity index (χ2n) is 8.92. The second kappa shape index (κ2) is 11.2. The number of likely N-dealkylation sites (tertiary alicyclic amines) is 1. The largest absolute Gasteiger partial charge is 0.506 e. The van der Waals surface area contributed by atoms with Gasteiger partial charge >= 0.3 is 0 Å². The Morgan fingerprint density at radius 1 is 1.00 bits per heavy atom. The molecule has 0 bridgehead atoms. The molecule has 0 radical (unpaired) electrons. The molecule has 1 aromatic carbocycles. The monoisotopic (exact) mass is 454 g/mol. The van der Waals surface area contributed by atoms with Crippen molar-refractivity contribution in [1.82, 2.24) is 19.9 Å². The van der Waals surface area contributed by atoms with Crippen LogP contribution in [-0.2, 0) is 0 Å². The minimum absolute atomic E-state index is 0.0380. The SMILES string of the molecule is CCN1CCCC1CNc1nc(NCC2CCCCC2)nc(Nc2ccc(O)c(N=O)c2)n1. The topological polar surface area (TPSA) is 128 Å². The molecule has 10 nitrogen and oxygen atoms in total. The van der Waals surface area contributed by atoms with Gasteiger partial charge in [-0.15, -0.1) is 4.91 Å². The van der Waals surface area contributed by atoms with E-state index < -0.39 is 0 Å². The van der Waals surface area contributed by atoms with Crippen LogP contribution in [0.4, 0.5) is 29.2 Å². The van der Waals surface area contributed by atoms with Crippen LogP contribution in [0.1, 0.15) is 51.9 Å². The molecule has 1 saturated heterocycles. The van der Waals surface area contributed by atoms with E-state index >= 15 is 0 Å². The summed E-state index contributed by atoms with van der Waals surface area (Å²) in [6.07, 6.45) is 8.74. The van der Waals surface area contributed by atoms with Gasteiger partial charge < -0.3 is 21.1 Å². The number of hydrogen-bond donors (Lipinski definition) is 4. The molecule has 0 amide bonds. The Bertz CT molecular complexity index is 935. The van der Waals surface area contributed by atoms with Crippen molar-refractivity contribution < 1.29 is 5.11 Å². The molecule has 1 atom stereocenters. The van der Waals surface area contributed by atoms with Crippen LogP contribution < -0.4 is 16.0 Å². The lowest BCUT2D eigenvalue weighted by molar-refractivity contribution is 0.277. The van der Waals surface area contributed by atoms with Gasteiger partial charge in [-0.1, -0.05) is 26.2 Å². The van der Waals surface area contributed by atoms with E-state index in [1.807, 2.05) is 0 Å². The first-order valence-electron chi connectivity index (χ1n) is 12.1. The number of likely N-dealkylation sites (N-methyl/N-ethyl adjacent to an activating group) is 1. The molecule has 33 heavy (non-hydrogen) atoms. The van der Waals surface area contributed by atoms with E-state index in [1.165, 1.54) is 57.1 Å². The Morgan fingerprint density at radius 3 is 2.45 bits per heavy atom. The third-order valence-electron chi connectivity index (χ3n) is 6.64. The van der Waals surface area contributed by atoms with E-state index in [1.54, 1.807) is 6.07 Å². The normalized spacial score (nSPS) is 19.4. The minimum Gasteiger partial charge on any atom is -0.506 e. The number of hydrogen-bond acceptors (Lipinski definition) is 10. The highest BCUT2D eigenvalue weighted by Gasteiger charge is 2.23. The van der Waals surface area contributed by atoms with Gasteiger partial charge in [0.1, 0.15) is 5.75 Å². The fraction of sp³-hybridized carbons (Fsp3) is 0.609. The summed E-state index contributed by atoms with van der Waals surface area (Å²) in [4.78, 5) is 27.1. The summed E-state index contributed by atoms with van der Waals surface area (Å²) in [5.41, 5.74) is 0.523. The lowest BCUT2D eigenvalue weighted by atomic mass is 9.89. The average molecular weight is 455 g/mol. The van der Waals surface area contributed by atoms with Crippen LogP contribution in [0, 0.1) is 10.8 Å².